The highest BCUT2D eigenvalue weighted by Crippen LogP contribution is 2.33. The van der Waals surface area contributed by atoms with Crippen LogP contribution in [0.3, 0.4) is 0 Å². The molecule has 110 valence electrons. The highest BCUT2D eigenvalue weighted by molar-refractivity contribution is 7.80. The molecule has 0 aromatic heterocycles. The Morgan fingerprint density at radius 2 is 1.57 bits per heavy atom. The molecule has 2 aromatic rings. The third-order valence-electron chi connectivity index (χ3n) is 4.03. The number of benzene rings is 2. The molecular formula is C17H20N2OS. The molecule has 1 aliphatic heterocycles. The molecule has 0 spiro atoms. The van der Waals surface area contributed by atoms with E-state index in [0.29, 0.717) is 5.75 Å². The average Bonchev–Trinajstić information content (AvgIpc) is 2.52. The number of hydrogen-bond acceptors (Lipinski definition) is 4. The van der Waals surface area contributed by atoms with Crippen LogP contribution < -0.4 is 9.80 Å². The summed E-state index contributed by atoms with van der Waals surface area (Å²) in [5.74, 6) is 0.346. The van der Waals surface area contributed by atoms with Crippen molar-refractivity contribution < 1.29 is 5.11 Å². The predicted octanol–water partition coefficient (Wildman–Crippen LogP) is 3.32. The maximum absolute atomic E-state index is 10.2. The summed E-state index contributed by atoms with van der Waals surface area (Å²) in [5, 5.41) is 10.2. The zero-order valence-corrected chi connectivity index (χ0v) is 13.1. The minimum absolute atomic E-state index is 0.346. The second kappa shape index (κ2) is 5.90. The van der Waals surface area contributed by atoms with Crippen molar-refractivity contribution in [1.82, 2.24) is 0 Å². The molecule has 1 N–H and O–H groups in total. The molecule has 1 heterocycles. The minimum atomic E-state index is 0.346. The lowest BCUT2D eigenvalue weighted by Crippen LogP contribution is -2.46. The van der Waals surface area contributed by atoms with E-state index in [1.807, 2.05) is 19.1 Å². The van der Waals surface area contributed by atoms with Crippen molar-refractivity contribution in [3.63, 3.8) is 0 Å². The van der Waals surface area contributed by atoms with E-state index < -0.39 is 0 Å². The summed E-state index contributed by atoms with van der Waals surface area (Å²) < 4.78 is 0. The number of aromatic hydroxyl groups is 1. The van der Waals surface area contributed by atoms with Gasteiger partial charge in [-0.05, 0) is 36.8 Å². The van der Waals surface area contributed by atoms with Gasteiger partial charge in [-0.15, -0.1) is 12.6 Å². The van der Waals surface area contributed by atoms with Crippen LogP contribution in [0.2, 0.25) is 0 Å². The topological polar surface area (TPSA) is 26.7 Å². The van der Waals surface area contributed by atoms with Gasteiger partial charge < -0.3 is 14.9 Å². The van der Waals surface area contributed by atoms with Gasteiger partial charge in [-0.2, -0.15) is 0 Å². The smallest absolute Gasteiger partial charge is 0.139 e. The molecule has 0 amide bonds. The van der Waals surface area contributed by atoms with Crippen LogP contribution in [0.5, 0.6) is 5.75 Å². The predicted molar refractivity (Wildman–Crippen MR) is 91.0 cm³/mol. The maximum Gasteiger partial charge on any atom is 0.139 e. The molecule has 0 unspecified atom stereocenters. The second-order valence-corrected chi connectivity index (χ2v) is 5.92. The first kappa shape index (κ1) is 14.1. The number of nitrogens with zero attached hydrogens (tertiary/aromatic N) is 2. The number of anilines is 2. The van der Waals surface area contributed by atoms with Gasteiger partial charge in [0.05, 0.1) is 5.69 Å². The fraction of sp³-hybridized carbons (Fsp3) is 0.294. The van der Waals surface area contributed by atoms with Gasteiger partial charge in [-0.1, -0.05) is 18.2 Å². The molecule has 0 aliphatic carbocycles. The maximum atomic E-state index is 10.2. The molecule has 0 atom stereocenters. The van der Waals surface area contributed by atoms with E-state index in [-0.39, 0.29) is 0 Å². The van der Waals surface area contributed by atoms with Gasteiger partial charge in [0, 0.05) is 36.8 Å². The SMILES string of the molecule is Cc1cc(O)c(N2CCN(c3ccccc3)CC2)cc1S. The van der Waals surface area contributed by atoms with Crippen LogP contribution in [-0.4, -0.2) is 31.3 Å². The van der Waals surface area contributed by atoms with E-state index in [1.54, 1.807) is 6.07 Å². The van der Waals surface area contributed by atoms with Crippen LogP contribution >= 0.6 is 12.6 Å². The van der Waals surface area contributed by atoms with E-state index in [0.717, 1.165) is 42.3 Å². The van der Waals surface area contributed by atoms with E-state index in [4.69, 9.17) is 0 Å². The Kier molecular flexibility index (Phi) is 3.97. The van der Waals surface area contributed by atoms with Crippen LogP contribution in [-0.2, 0) is 0 Å². The molecule has 3 nitrogen and oxygen atoms in total. The number of rotatable bonds is 2. The standard InChI is InChI=1S/C17H20N2OS/c1-13-11-16(20)15(12-17(13)21)19-9-7-18(8-10-19)14-5-3-2-4-6-14/h2-6,11-12,20-21H,7-10H2,1H3. The summed E-state index contributed by atoms with van der Waals surface area (Å²) in [4.78, 5) is 5.53. The highest BCUT2D eigenvalue weighted by Gasteiger charge is 2.20. The zero-order chi connectivity index (χ0) is 14.8. The largest absolute Gasteiger partial charge is 0.506 e. The van der Waals surface area contributed by atoms with Crippen molar-refractivity contribution in [2.24, 2.45) is 0 Å². The number of phenols is 1. The Morgan fingerprint density at radius 1 is 0.952 bits per heavy atom. The summed E-state index contributed by atoms with van der Waals surface area (Å²) in [5.41, 5.74) is 3.15. The number of phenolic OH excluding ortho intramolecular Hbond substituents is 1. The molecule has 3 rings (SSSR count). The molecule has 0 bridgehead atoms. The molecule has 1 fully saturated rings. The Bertz CT molecular complexity index is 622. The number of aryl methyl sites for hydroxylation is 1. The van der Waals surface area contributed by atoms with Crippen LogP contribution in [0.25, 0.3) is 0 Å². The second-order valence-electron chi connectivity index (χ2n) is 5.44. The van der Waals surface area contributed by atoms with Crippen molar-refractivity contribution in [3.05, 3.63) is 48.0 Å². The third kappa shape index (κ3) is 2.95. The molecular weight excluding hydrogens is 280 g/mol. The minimum Gasteiger partial charge on any atom is -0.506 e. The molecule has 1 saturated heterocycles. The molecule has 4 heteroatoms. The highest BCUT2D eigenvalue weighted by atomic mass is 32.1. The van der Waals surface area contributed by atoms with Gasteiger partial charge in [0.15, 0.2) is 0 Å². The van der Waals surface area contributed by atoms with Crippen molar-refractivity contribution in [2.75, 3.05) is 36.0 Å². The number of thiol groups is 1. The van der Waals surface area contributed by atoms with E-state index in [1.165, 1.54) is 5.69 Å². The number of hydrogen-bond donors (Lipinski definition) is 2. The quantitative estimate of drug-likeness (QED) is 0.833. The Hall–Kier alpha value is -1.81. The first-order valence-corrected chi connectivity index (χ1v) is 7.67. The van der Waals surface area contributed by atoms with E-state index in [2.05, 4.69) is 46.7 Å². The lowest BCUT2D eigenvalue weighted by molar-refractivity contribution is 0.471. The van der Waals surface area contributed by atoms with Crippen molar-refractivity contribution in [2.45, 2.75) is 11.8 Å². The summed E-state index contributed by atoms with van der Waals surface area (Å²) in [7, 11) is 0. The van der Waals surface area contributed by atoms with Crippen molar-refractivity contribution >= 4 is 24.0 Å². The first-order valence-electron chi connectivity index (χ1n) is 7.22. The summed E-state index contributed by atoms with van der Waals surface area (Å²) in [6.45, 7) is 5.68. The van der Waals surface area contributed by atoms with E-state index >= 15 is 0 Å². The van der Waals surface area contributed by atoms with Gasteiger partial charge >= 0.3 is 0 Å². The van der Waals surface area contributed by atoms with Gasteiger partial charge in [0.25, 0.3) is 0 Å². The van der Waals surface area contributed by atoms with E-state index in [9.17, 15) is 5.11 Å². The van der Waals surface area contributed by atoms with Gasteiger partial charge in [0.1, 0.15) is 5.75 Å². The van der Waals surface area contributed by atoms with Crippen LogP contribution in [0.15, 0.2) is 47.4 Å². The Labute approximate surface area is 131 Å². The van der Waals surface area contributed by atoms with Crippen molar-refractivity contribution in [1.29, 1.82) is 0 Å². The molecule has 2 aromatic carbocycles. The zero-order valence-electron chi connectivity index (χ0n) is 12.2. The molecule has 0 radical (unpaired) electrons. The monoisotopic (exact) mass is 300 g/mol. The lowest BCUT2D eigenvalue weighted by atomic mass is 10.1. The normalized spacial score (nSPS) is 15.3. The number of piperazine rings is 1. The Morgan fingerprint density at radius 3 is 2.24 bits per heavy atom. The lowest BCUT2D eigenvalue weighted by Gasteiger charge is -2.37. The summed E-state index contributed by atoms with van der Waals surface area (Å²) in [6.07, 6.45) is 0. The van der Waals surface area contributed by atoms with Crippen LogP contribution in [0, 0.1) is 6.92 Å². The van der Waals surface area contributed by atoms with Crippen molar-refractivity contribution in [3.8, 4) is 5.75 Å². The summed E-state index contributed by atoms with van der Waals surface area (Å²) in [6, 6.07) is 14.2. The van der Waals surface area contributed by atoms with Gasteiger partial charge in [-0.3, -0.25) is 0 Å². The third-order valence-corrected chi connectivity index (χ3v) is 4.52. The fourth-order valence-electron chi connectivity index (χ4n) is 2.77. The molecule has 1 aliphatic rings. The first-order chi connectivity index (χ1) is 10.1. The average molecular weight is 300 g/mol. The van der Waals surface area contributed by atoms with Gasteiger partial charge in [-0.25, -0.2) is 0 Å². The molecule has 21 heavy (non-hydrogen) atoms. The van der Waals surface area contributed by atoms with Crippen LogP contribution in [0.4, 0.5) is 11.4 Å². The Balaban J connectivity index is 1.73. The van der Waals surface area contributed by atoms with Gasteiger partial charge in [0.2, 0.25) is 0 Å². The van der Waals surface area contributed by atoms with Crippen LogP contribution in [0.1, 0.15) is 5.56 Å². The molecule has 0 saturated carbocycles. The fourth-order valence-corrected chi connectivity index (χ4v) is 2.95. The summed E-state index contributed by atoms with van der Waals surface area (Å²) >= 11 is 4.46. The number of para-hydroxylation sites is 1.